The summed E-state index contributed by atoms with van der Waals surface area (Å²) in [4.78, 5) is 14.8. The zero-order valence-electron chi connectivity index (χ0n) is 15.4. The molecule has 0 spiro atoms. The summed E-state index contributed by atoms with van der Waals surface area (Å²) < 4.78 is 1.67. The molecular weight excluding hydrogens is 360 g/mol. The fourth-order valence-electron chi connectivity index (χ4n) is 2.86. The third-order valence-electron chi connectivity index (χ3n) is 4.28. The van der Waals surface area contributed by atoms with Crippen molar-refractivity contribution in [2.45, 2.75) is 32.9 Å². The molecule has 3 rings (SSSR count). The predicted octanol–water partition coefficient (Wildman–Crippen LogP) is 4.42. The van der Waals surface area contributed by atoms with E-state index in [1.54, 1.807) is 10.9 Å². The number of aromatic nitrogens is 3. The number of amides is 1. The Kier molecular flexibility index (Phi) is 6.60. The predicted molar refractivity (Wildman–Crippen MR) is 107 cm³/mol. The first-order valence-electron chi connectivity index (χ1n) is 9.13. The average molecular weight is 383 g/mol. The number of rotatable bonds is 8. The maximum atomic E-state index is 13.0. The molecule has 0 fully saturated rings. The van der Waals surface area contributed by atoms with Crippen LogP contribution in [0.25, 0.3) is 0 Å². The van der Waals surface area contributed by atoms with Gasteiger partial charge >= 0.3 is 0 Å². The molecule has 1 amide bonds. The minimum absolute atomic E-state index is 0.0929. The van der Waals surface area contributed by atoms with E-state index in [2.05, 4.69) is 17.2 Å². The van der Waals surface area contributed by atoms with Crippen molar-refractivity contribution in [3.63, 3.8) is 0 Å². The Labute approximate surface area is 164 Å². The summed E-state index contributed by atoms with van der Waals surface area (Å²) in [6.45, 7) is 3.91. The van der Waals surface area contributed by atoms with Crippen LogP contribution in [0.15, 0.2) is 60.8 Å². The molecule has 0 radical (unpaired) electrons. The molecule has 0 N–H and O–H groups in total. The van der Waals surface area contributed by atoms with E-state index in [9.17, 15) is 4.79 Å². The van der Waals surface area contributed by atoms with Gasteiger partial charge in [-0.05, 0) is 29.7 Å². The van der Waals surface area contributed by atoms with Gasteiger partial charge in [0, 0.05) is 18.1 Å². The standard InChI is InChI=1S/C21H23ClN4O/c1-2-3-12-25(14-17-8-5-4-6-9-17)21(27)20-16-26(24-23-20)15-18-10-7-11-19(22)13-18/h4-11,13,16H,2-3,12,14-15H2,1H3. The van der Waals surface area contributed by atoms with Gasteiger partial charge in [0.15, 0.2) is 5.69 Å². The molecular formula is C21H23ClN4O. The fraction of sp³-hybridized carbons (Fsp3) is 0.286. The Bertz CT molecular complexity index is 879. The fourth-order valence-corrected chi connectivity index (χ4v) is 3.08. The SMILES string of the molecule is CCCCN(Cc1ccccc1)C(=O)c1cn(Cc2cccc(Cl)c2)nn1. The highest BCUT2D eigenvalue weighted by atomic mass is 35.5. The van der Waals surface area contributed by atoms with Crippen LogP contribution in [0.1, 0.15) is 41.4 Å². The largest absolute Gasteiger partial charge is 0.333 e. The molecule has 2 aromatic carbocycles. The second kappa shape index (κ2) is 9.33. The second-order valence-corrected chi connectivity index (χ2v) is 6.93. The lowest BCUT2D eigenvalue weighted by Gasteiger charge is -2.21. The van der Waals surface area contributed by atoms with Crippen LogP contribution in [-0.4, -0.2) is 32.3 Å². The van der Waals surface area contributed by atoms with Crippen molar-refractivity contribution in [2.75, 3.05) is 6.54 Å². The monoisotopic (exact) mass is 382 g/mol. The molecule has 1 aromatic heterocycles. The van der Waals surface area contributed by atoms with E-state index in [4.69, 9.17) is 11.6 Å². The molecule has 140 valence electrons. The van der Waals surface area contributed by atoms with Crippen LogP contribution in [-0.2, 0) is 13.1 Å². The van der Waals surface area contributed by atoms with Crippen LogP contribution in [0.5, 0.6) is 0 Å². The van der Waals surface area contributed by atoms with E-state index in [0.717, 1.165) is 24.0 Å². The molecule has 0 aliphatic rings. The summed E-state index contributed by atoms with van der Waals surface area (Å²) in [5.74, 6) is -0.0929. The van der Waals surface area contributed by atoms with Gasteiger partial charge in [-0.1, -0.05) is 72.6 Å². The van der Waals surface area contributed by atoms with Gasteiger partial charge in [0.25, 0.3) is 5.91 Å². The van der Waals surface area contributed by atoms with Gasteiger partial charge < -0.3 is 4.90 Å². The Hall–Kier alpha value is -2.66. The Morgan fingerprint density at radius 3 is 2.63 bits per heavy atom. The molecule has 0 aliphatic heterocycles. The lowest BCUT2D eigenvalue weighted by Crippen LogP contribution is -2.31. The van der Waals surface area contributed by atoms with Crippen LogP contribution in [0.4, 0.5) is 0 Å². The summed E-state index contributed by atoms with van der Waals surface area (Å²) in [6, 6.07) is 17.6. The molecule has 5 nitrogen and oxygen atoms in total. The van der Waals surface area contributed by atoms with Crippen LogP contribution >= 0.6 is 11.6 Å². The van der Waals surface area contributed by atoms with Gasteiger partial charge in [-0.2, -0.15) is 0 Å². The molecule has 0 saturated carbocycles. The minimum Gasteiger partial charge on any atom is -0.333 e. The number of benzene rings is 2. The summed E-state index contributed by atoms with van der Waals surface area (Å²) >= 11 is 6.03. The van der Waals surface area contributed by atoms with Crippen molar-refractivity contribution in [1.82, 2.24) is 19.9 Å². The zero-order valence-corrected chi connectivity index (χ0v) is 16.1. The highest BCUT2D eigenvalue weighted by Gasteiger charge is 2.19. The normalized spacial score (nSPS) is 10.7. The first-order valence-corrected chi connectivity index (χ1v) is 9.51. The van der Waals surface area contributed by atoms with Gasteiger partial charge in [-0.25, -0.2) is 4.68 Å². The number of hydrogen-bond donors (Lipinski definition) is 0. The number of unbranched alkanes of at least 4 members (excludes halogenated alkanes) is 1. The molecule has 27 heavy (non-hydrogen) atoms. The summed E-state index contributed by atoms with van der Waals surface area (Å²) in [7, 11) is 0. The smallest absolute Gasteiger partial charge is 0.276 e. The van der Waals surface area contributed by atoms with Crippen molar-refractivity contribution in [3.8, 4) is 0 Å². The number of carbonyl (C=O) groups is 1. The van der Waals surface area contributed by atoms with E-state index >= 15 is 0 Å². The number of carbonyl (C=O) groups excluding carboxylic acids is 1. The average Bonchev–Trinajstić information content (AvgIpc) is 3.14. The van der Waals surface area contributed by atoms with Crippen molar-refractivity contribution in [3.05, 3.63) is 82.6 Å². The third kappa shape index (κ3) is 5.41. The second-order valence-electron chi connectivity index (χ2n) is 6.50. The lowest BCUT2D eigenvalue weighted by atomic mass is 10.2. The van der Waals surface area contributed by atoms with Gasteiger partial charge in [0.2, 0.25) is 0 Å². The highest BCUT2D eigenvalue weighted by molar-refractivity contribution is 6.30. The zero-order chi connectivity index (χ0) is 19.1. The van der Waals surface area contributed by atoms with Crippen LogP contribution in [0, 0.1) is 0 Å². The van der Waals surface area contributed by atoms with E-state index in [0.29, 0.717) is 30.4 Å². The Morgan fingerprint density at radius 1 is 1.11 bits per heavy atom. The topological polar surface area (TPSA) is 51.0 Å². The first kappa shape index (κ1) is 19.1. The van der Waals surface area contributed by atoms with E-state index in [-0.39, 0.29) is 5.91 Å². The number of halogens is 1. The first-order chi connectivity index (χ1) is 13.2. The summed E-state index contributed by atoms with van der Waals surface area (Å²) in [5.41, 5.74) is 2.48. The molecule has 3 aromatic rings. The maximum Gasteiger partial charge on any atom is 0.276 e. The molecule has 0 bridgehead atoms. The van der Waals surface area contributed by atoms with E-state index < -0.39 is 0 Å². The third-order valence-corrected chi connectivity index (χ3v) is 4.51. The Balaban J connectivity index is 1.72. The minimum atomic E-state index is -0.0929. The van der Waals surface area contributed by atoms with Crippen LogP contribution < -0.4 is 0 Å². The van der Waals surface area contributed by atoms with Gasteiger partial charge in [-0.15, -0.1) is 5.10 Å². The molecule has 0 saturated heterocycles. The van der Waals surface area contributed by atoms with Crippen molar-refractivity contribution in [1.29, 1.82) is 0 Å². The van der Waals surface area contributed by atoms with Crippen LogP contribution in [0.2, 0.25) is 5.02 Å². The molecule has 6 heteroatoms. The van der Waals surface area contributed by atoms with Crippen molar-refractivity contribution < 1.29 is 4.79 Å². The lowest BCUT2D eigenvalue weighted by molar-refractivity contribution is 0.0734. The van der Waals surface area contributed by atoms with Gasteiger partial charge in [0.1, 0.15) is 0 Å². The molecule has 0 unspecified atom stereocenters. The highest BCUT2D eigenvalue weighted by Crippen LogP contribution is 2.13. The van der Waals surface area contributed by atoms with Crippen LogP contribution in [0.3, 0.4) is 0 Å². The quantitative estimate of drug-likeness (QED) is 0.579. The van der Waals surface area contributed by atoms with E-state index in [1.807, 2.05) is 59.5 Å². The van der Waals surface area contributed by atoms with Gasteiger partial charge in [0.05, 0.1) is 12.7 Å². The Morgan fingerprint density at radius 2 is 1.89 bits per heavy atom. The molecule has 1 heterocycles. The summed E-state index contributed by atoms with van der Waals surface area (Å²) in [5, 5.41) is 8.88. The van der Waals surface area contributed by atoms with Crippen molar-refractivity contribution in [2.24, 2.45) is 0 Å². The number of hydrogen-bond acceptors (Lipinski definition) is 3. The molecule has 0 atom stereocenters. The maximum absolute atomic E-state index is 13.0. The van der Waals surface area contributed by atoms with E-state index in [1.165, 1.54) is 0 Å². The number of nitrogens with zero attached hydrogens (tertiary/aromatic N) is 4. The molecule has 0 aliphatic carbocycles. The van der Waals surface area contributed by atoms with Crippen molar-refractivity contribution >= 4 is 17.5 Å². The van der Waals surface area contributed by atoms with Gasteiger partial charge in [-0.3, -0.25) is 4.79 Å². The summed E-state index contributed by atoms with van der Waals surface area (Å²) in [6.07, 6.45) is 3.68.